The molecule has 0 aliphatic heterocycles. The Bertz CT molecular complexity index is 253. The Balaban J connectivity index is 0. The molecule has 0 saturated carbocycles. The van der Waals surface area contributed by atoms with Crippen molar-refractivity contribution in [2.45, 2.75) is 13.0 Å². The van der Waals surface area contributed by atoms with Crippen molar-refractivity contribution in [3.63, 3.8) is 0 Å². The van der Waals surface area contributed by atoms with Crippen molar-refractivity contribution in [1.82, 2.24) is 5.32 Å². The molecule has 0 saturated heterocycles. The summed E-state index contributed by atoms with van der Waals surface area (Å²) in [6.07, 6.45) is 0.954. The third-order valence-electron chi connectivity index (χ3n) is 1.10. The number of nitrogens with one attached hydrogen (secondary N) is 1. The smallest absolute Gasteiger partial charge is 0.392 e. The fourth-order valence-corrected chi connectivity index (χ4v) is 0.815. The van der Waals surface area contributed by atoms with Gasteiger partial charge in [0.25, 0.3) is 0 Å². The minimum atomic E-state index is -4.26. The summed E-state index contributed by atoms with van der Waals surface area (Å²) >= 11 is 0. The molecular formula is C8H20N2O5S. The van der Waals surface area contributed by atoms with Gasteiger partial charge in [0.05, 0.1) is 12.7 Å². The van der Waals surface area contributed by atoms with Gasteiger partial charge in [-0.15, -0.1) is 6.58 Å². The lowest BCUT2D eigenvalue weighted by Crippen LogP contribution is -2.29. The summed E-state index contributed by atoms with van der Waals surface area (Å²) in [5.41, 5.74) is 5.17. The Morgan fingerprint density at radius 3 is 2.44 bits per heavy atom. The van der Waals surface area contributed by atoms with Gasteiger partial charge in [0.15, 0.2) is 0 Å². The largest absolute Gasteiger partial charge is 0.397 e. The van der Waals surface area contributed by atoms with Crippen LogP contribution in [-0.2, 0) is 14.6 Å². The lowest BCUT2D eigenvalue weighted by molar-refractivity contribution is 0.192. The zero-order valence-corrected chi connectivity index (χ0v) is 10.1. The van der Waals surface area contributed by atoms with E-state index < -0.39 is 10.4 Å². The second kappa shape index (κ2) is 11.0. The van der Waals surface area contributed by atoms with Crippen LogP contribution in [0.15, 0.2) is 12.7 Å². The van der Waals surface area contributed by atoms with Crippen LogP contribution in [0, 0.1) is 0 Å². The van der Waals surface area contributed by atoms with Crippen LogP contribution in [0.25, 0.3) is 0 Å². The SMILES string of the molecule is C=CCOS(=O)(=O)O.CC(O)CNCCN. The highest BCUT2D eigenvalue weighted by Gasteiger charge is 1.99. The Morgan fingerprint density at radius 1 is 1.62 bits per heavy atom. The Labute approximate surface area is 96.2 Å². The summed E-state index contributed by atoms with van der Waals surface area (Å²) in [6.45, 7) is 6.76. The zero-order valence-electron chi connectivity index (χ0n) is 9.30. The van der Waals surface area contributed by atoms with Crippen molar-refractivity contribution in [1.29, 1.82) is 0 Å². The van der Waals surface area contributed by atoms with Gasteiger partial charge in [0, 0.05) is 19.6 Å². The van der Waals surface area contributed by atoms with Gasteiger partial charge in [0.2, 0.25) is 0 Å². The fraction of sp³-hybridized carbons (Fsp3) is 0.750. The van der Waals surface area contributed by atoms with Crippen LogP contribution in [0.4, 0.5) is 0 Å². The highest BCUT2D eigenvalue weighted by atomic mass is 32.3. The summed E-state index contributed by atoms with van der Waals surface area (Å²) in [5.74, 6) is 0. The van der Waals surface area contributed by atoms with Crippen LogP contribution in [0.2, 0.25) is 0 Å². The molecule has 8 heteroatoms. The Kier molecular flexibility index (Phi) is 12.3. The van der Waals surface area contributed by atoms with Crippen LogP contribution in [0.1, 0.15) is 6.92 Å². The maximum atomic E-state index is 9.68. The van der Waals surface area contributed by atoms with Gasteiger partial charge >= 0.3 is 10.4 Å². The molecule has 16 heavy (non-hydrogen) atoms. The summed E-state index contributed by atoms with van der Waals surface area (Å²) in [4.78, 5) is 0. The lowest BCUT2D eigenvalue weighted by Gasteiger charge is -2.03. The van der Waals surface area contributed by atoms with Crippen LogP contribution in [0.3, 0.4) is 0 Å². The quantitative estimate of drug-likeness (QED) is 0.259. The molecule has 1 atom stereocenters. The number of hydrogen-bond acceptors (Lipinski definition) is 6. The van der Waals surface area contributed by atoms with E-state index in [2.05, 4.69) is 16.1 Å². The second-order valence-electron chi connectivity index (χ2n) is 2.84. The van der Waals surface area contributed by atoms with Crippen LogP contribution < -0.4 is 11.1 Å². The monoisotopic (exact) mass is 256 g/mol. The Hall–Kier alpha value is -0.510. The van der Waals surface area contributed by atoms with Gasteiger partial charge in [-0.3, -0.25) is 4.55 Å². The van der Waals surface area contributed by atoms with Gasteiger partial charge in [-0.1, -0.05) is 6.08 Å². The number of nitrogens with two attached hydrogens (primary N) is 1. The average Bonchev–Trinajstić information content (AvgIpc) is 2.14. The van der Waals surface area contributed by atoms with E-state index in [1.54, 1.807) is 6.92 Å². The molecule has 5 N–H and O–H groups in total. The van der Waals surface area contributed by atoms with E-state index in [4.69, 9.17) is 15.4 Å². The molecule has 0 aromatic carbocycles. The van der Waals surface area contributed by atoms with Gasteiger partial charge < -0.3 is 16.2 Å². The molecule has 0 aliphatic carbocycles. The third-order valence-corrected chi connectivity index (χ3v) is 1.53. The molecule has 0 aromatic heterocycles. The summed E-state index contributed by atoms with van der Waals surface area (Å²) < 4.78 is 31.0. The first-order chi connectivity index (χ1) is 7.33. The van der Waals surface area contributed by atoms with Crippen molar-refractivity contribution in [3.8, 4) is 0 Å². The molecule has 0 bridgehead atoms. The average molecular weight is 256 g/mol. The van der Waals surface area contributed by atoms with E-state index >= 15 is 0 Å². The molecule has 0 rings (SSSR count). The van der Waals surface area contributed by atoms with E-state index in [9.17, 15) is 8.42 Å². The molecule has 0 heterocycles. The molecular weight excluding hydrogens is 236 g/mol. The second-order valence-corrected chi connectivity index (χ2v) is 3.93. The summed E-state index contributed by atoms with van der Waals surface area (Å²) in [6, 6.07) is 0. The first-order valence-electron chi connectivity index (χ1n) is 4.65. The Morgan fingerprint density at radius 2 is 2.19 bits per heavy atom. The number of hydrogen-bond donors (Lipinski definition) is 4. The molecule has 0 aromatic rings. The molecule has 0 aliphatic rings. The molecule has 7 nitrogen and oxygen atoms in total. The van der Waals surface area contributed by atoms with Crippen LogP contribution in [0.5, 0.6) is 0 Å². The van der Waals surface area contributed by atoms with Gasteiger partial charge in [-0.2, -0.15) is 8.42 Å². The van der Waals surface area contributed by atoms with Gasteiger partial charge in [-0.05, 0) is 6.92 Å². The van der Waals surface area contributed by atoms with Crippen molar-refractivity contribution in [2.24, 2.45) is 5.73 Å². The van der Waals surface area contributed by atoms with E-state index in [1.165, 1.54) is 6.08 Å². The minimum absolute atomic E-state index is 0.196. The number of aliphatic hydroxyl groups excluding tert-OH is 1. The molecule has 1 unspecified atom stereocenters. The molecule has 0 fully saturated rings. The van der Waals surface area contributed by atoms with Crippen LogP contribution in [-0.4, -0.2) is 50.4 Å². The first-order valence-corrected chi connectivity index (χ1v) is 6.01. The highest BCUT2D eigenvalue weighted by molar-refractivity contribution is 7.80. The van der Waals surface area contributed by atoms with E-state index in [1.807, 2.05) is 0 Å². The summed E-state index contributed by atoms with van der Waals surface area (Å²) in [7, 11) is -4.26. The van der Waals surface area contributed by atoms with Gasteiger partial charge in [0.1, 0.15) is 0 Å². The third kappa shape index (κ3) is 23.4. The molecule has 98 valence electrons. The van der Waals surface area contributed by atoms with Crippen LogP contribution >= 0.6 is 0 Å². The highest BCUT2D eigenvalue weighted by Crippen LogP contribution is 1.83. The van der Waals surface area contributed by atoms with Gasteiger partial charge in [-0.25, -0.2) is 4.18 Å². The maximum Gasteiger partial charge on any atom is 0.397 e. The summed E-state index contributed by atoms with van der Waals surface area (Å²) in [5, 5.41) is 11.6. The van der Waals surface area contributed by atoms with E-state index in [0.29, 0.717) is 13.1 Å². The fourth-order valence-electron chi connectivity index (χ4n) is 0.547. The number of aliphatic hydroxyl groups is 1. The lowest BCUT2D eigenvalue weighted by atomic mass is 10.4. The van der Waals surface area contributed by atoms with Crippen molar-refractivity contribution < 1.29 is 22.3 Å². The molecule has 0 amide bonds. The maximum absolute atomic E-state index is 9.68. The topological polar surface area (TPSA) is 122 Å². The molecule has 0 spiro atoms. The predicted octanol–water partition coefficient (Wildman–Crippen LogP) is -1.09. The van der Waals surface area contributed by atoms with Crippen molar-refractivity contribution in [2.75, 3.05) is 26.2 Å². The predicted molar refractivity (Wildman–Crippen MR) is 61.3 cm³/mol. The standard InChI is InChI=1S/C5H14N2O.C3H6O4S/c1-5(8)4-7-3-2-6;1-2-3-7-8(4,5)6/h5,7-8H,2-4,6H2,1H3;2H,1,3H2,(H,4,5,6). The van der Waals surface area contributed by atoms with Crippen molar-refractivity contribution >= 4 is 10.4 Å². The normalized spacial score (nSPS) is 12.5. The number of rotatable bonds is 7. The molecule has 0 radical (unpaired) electrons. The minimum Gasteiger partial charge on any atom is -0.392 e. The first kappa shape index (κ1) is 17.9. The van der Waals surface area contributed by atoms with E-state index in [-0.39, 0.29) is 12.7 Å². The zero-order chi connectivity index (χ0) is 13.0. The van der Waals surface area contributed by atoms with E-state index in [0.717, 1.165) is 6.54 Å². The van der Waals surface area contributed by atoms with Crippen molar-refractivity contribution in [3.05, 3.63) is 12.7 Å².